The van der Waals surface area contributed by atoms with E-state index in [0.717, 1.165) is 10.0 Å². The van der Waals surface area contributed by atoms with Gasteiger partial charge in [-0.25, -0.2) is 4.98 Å². The molecule has 0 aliphatic heterocycles. The molecule has 0 bridgehead atoms. The topological polar surface area (TPSA) is 82.5 Å². The Morgan fingerprint density at radius 2 is 1.79 bits per heavy atom. The number of nitrogens with one attached hydrogen (secondary N) is 1. The number of carbonyl (C=O) groups is 1. The Kier molecular flexibility index (Phi) is 6.46. The van der Waals surface area contributed by atoms with Crippen LogP contribution in [0.5, 0.6) is 11.5 Å². The molecule has 1 amide bonds. The number of anilines is 1. The normalized spacial score (nSPS) is 10.8. The fourth-order valence-corrected chi connectivity index (χ4v) is 4.16. The second kappa shape index (κ2) is 9.46. The summed E-state index contributed by atoms with van der Waals surface area (Å²) in [6.07, 6.45) is 0. The highest BCUT2D eigenvalue weighted by molar-refractivity contribution is 9.10. The number of hydrogen-bond acceptors (Lipinski definition) is 5. The lowest BCUT2D eigenvalue weighted by molar-refractivity contribution is -0.116. The number of nitrogens with zero attached hydrogens (tertiary/aromatic N) is 2. The first-order valence-corrected chi connectivity index (χ1v) is 11.0. The van der Waals surface area contributed by atoms with Gasteiger partial charge in [0, 0.05) is 10.0 Å². The van der Waals surface area contributed by atoms with Gasteiger partial charge in [0.2, 0.25) is 5.91 Å². The minimum atomic E-state index is -0.347. The van der Waals surface area contributed by atoms with Gasteiger partial charge in [-0.1, -0.05) is 18.2 Å². The molecule has 3 aromatic carbocycles. The maximum Gasteiger partial charge on any atom is 0.262 e. The van der Waals surface area contributed by atoms with E-state index in [1.807, 2.05) is 31.2 Å². The fraction of sp³-hybridized carbons (Fsp3) is 0.160. The number of hydrogen-bond donors (Lipinski definition) is 1. The molecule has 0 spiro atoms. The van der Waals surface area contributed by atoms with Crippen molar-refractivity contribution < 1.29 is 14.3 Å². The average molecular weight is 508 g/mol. The molecule has 4 rings (SSSR count). The van der Waals surface area contributed by atoms with Crippen molar-refractivity contribution in [3.8, 4) is 22.9 Å². The van der Waals surface area contributed by atoms with Gasteiger partial charge >= 0.3 is 0 Å². The maximum absolute atomic E-state index is 13.4. The minimum absolute atomic E-state index is 0.208. The van der Waals surface area contributed by atoms with Crippen molar-refractivity contribution in [2.75, 3.05) is 19.5 Å². The van der Waals surface area contributed by atoms with Crippen LogP contribution in [0.1, 0.15) is 5.56 Å². The summed E-state index contributed by atoms with van der Waals surface area (Å²) < 4.78 is 12.9. The van der Waals surface area contributed by atoms with Crippen molar-refractivity contribution in [3.05, 3.63) is 81.1 Å². The first kappa shape index (κ1) is 22.5. The highest BCUT2D eigenvalue weighted by Crippen LogP contribution is 2.32. The molecule has 0 radical (unpaired) electrons. The monoisotopic (exact) mass is 507 g/mol. The molecule has 33 heavy (non-hydrogen) atoms. The molecule has 0 unspecified atom stereocenters. The molecule has 0 aliphatic carbocycles. The summed E-state index contributed by atoms with van der Waals surface area (Å²) >= 11 is 3.47. The van der Waals surface area contributed by atoms with Crippen LogP contribution in [0.4, 0.5) is 5.69 Å². The summed E-state index contributed by atoms with van der Waals surface area (Å²) in [4.78, 5) is 31.0. The van der Waals surface area contributed by atoms with Crippen molar-refractivity contribution in [1.82, 2.24) is 9.55 Å². The number of carbonyl (C=O) groups excluding carboxylic acids is 1. The highest BCUT2D eigenvalue weighted by Gasteiger charge is 2.18. The summed E-state index contributed by atoms with van der Waals surface area (Å²) in [5, 5.41) is 3.30. The van der Waals surface area contributed by atoms with Crippen LogP contribution >= 0.6 is 15.9 Å². The SMILES string of the molecule is COc1ccc(-c2nc3ccccc3c(=O)n2CC(=O)Nc2ccc(C)cc2Br)cc1OC. The summed E-state index contributed by atoms with van der Waals surface area (Å²) in [7, 11) is 3.09. The number of fused-ring (bicyclic) bond motifs is 1. The van der Waals surface area contributed by atoms with Crippen molar-refractivity contribution in [2.45, 2.75) is 13.5 Å². The molecule has 0 atom stereocenters. The highest BCUT2D eigenvalue weighted by atomic mass is 79.9. The molecular formula is C25H22BrN3O4. The zero-order valence-electron chi connectivity index (χ0n) is 18.4. The van der Waals surface area contributed by atoms with Crippen LogP contribution in [0.2, 0.25) is 0 Å². The lowest BCUT2D eigenvalue weighted by Gasteiger charge is -2.16. The fourth-order valence-electron chi connectivity index (χ4n) is 3.57. The number of amides is 1. The van der Waals surface area contributed by atoms with Crippen molar-refractivity contribution in [1.29, 1.82) is 0 Å². The van der Waals surface area contributed by atoms with Crippen molar-refractivity contribution in [3.63, 3.8) is 0 Å². The number of benzene rings is 3. The van der Waals surface area contributed by atoms with E-state index >= 15 is 0 Å². The standard InChI is InChI=1S/C25H22BrN3O4/c1-15-8-10-20(18(26)12-15)27-23(30)14-29-24(16-9-11-21(32-2)22(13-16)33-3)28-19-7-5-4-6-17(19)25(29)31/h4-13H,14H2,1-3H3,(H,27,30). The van der Waals surface area contributed by atoms with Gasteiger partial charge in [0.15, 0.2) is 11.5 Å². The van der Waals surface area contributed by atoms with E-state index in [1.165, 1.54) is 11.7 Å². The third-order valence-electron chi connectivity index (χ3n) is 5.20. The van der Waals surface area contributed by atoms with Crippen LogP contribution in [0.3, 0.4) is 0 Å². The van der Waals surface area contributed by atoms with Gasteiger partial charge in [0.05, 0.1) is 30.8 Å². The molecule has 7 nitrogen and oxygen atoms in total. The smallest absolute Gasteiger partial charge is 0.262 e. The summed E-state index contributed by atoms with van der Waals surface area (Å²) in [6.45, 7) is 1.76. The first-order chi connectivity index (χ1) is 15.9. The molecule has 0 aliphatic rings. The summed E-state index contributed by atoms with van der Waals surface area (Å²) in [6, 6.07) is 17.9. The summed E-state index contributed by atoms with van der Waals surface area (Å²) in [5.74, 6) is 1.06. The van der Waals surface area contributed by atoms with Crippen molar-refractivity contribution >= 4 is 38.4 Å². The predicted octanol–water partition coefficient (Wildman–Crippen LogP) is 4.79. The minimum Gasteiger partial charge on any atom is -0.493 e. The Morgan fingerprint density at radius 1 is 1.03 bits per heavy atom. The van der Waals surface area contributed by atoms with Gasteiger partial charge in [0.25, 0.3) is 5.56 Å². The Labute approximate surface area is 199 Å². The zero-order chi connectivity index (χ0) is 23.5. The molecule has 8 heteroatoms. The summed E-state index contributed by atoms with van der Waals surface area (Å²) in [5.41, 5.74) is 2.55. The molecular weight excluding hydrogens is 486 g/mol. The van der Waals surface area contributed by atoms with E-state index in [4.69, 9.17) is 14.5 Å². The van der Waals surface area contributed by atoms with Gasteiger partial charge in [-0.2, -0.15) is 0 Å². The molecule has 0 fully saturated rings. The quantitative estimate of drug-likeness (QED) is 0.405. The number of para-hydroxylation sites is 1. The van der Waals surface area contributed by atoms with Crippen LogP contribution in [0.25, 0.3) is 22.3 Å². The largest absolute Gasteiger partial charge is 0.493 e. The Bertz CT molecular complexity index is 1410. The second-order valence-corrected chi connectivity index (χ2v) is 8.30. The van der Waals surface area contributed by atoms with E-state index in [2.05, 4.69) is 21.2 Å². The van der Waals surface area contributed by atoms with E-state index < -0.39 is 0 Å². The Hall–Kier alpha value is -3.65. The van der Waals surface area contributed by atoms with Gasteiger partial charge < -0.3 is 14.8 Å². The molecule has 0 saturated carbocycles. The van der Waals surface area contributed by atoms with Gasteiger partial charge in [-0.05, 0) is 70.9 Å². The van der Waals surface area contributed by atoms with E-state index in [-0.39, 0.29) is 18.0 Å². The van der Waals surface area contributed by atoms with Crippen LogP contribution in [-0.4, -0.2) is 29.7 Å². The number of rotatable bonds is 6. The molecule has 1 N–H and O–H groups in total. The molecule has 0 saturated heterocycles. The van der Waals surface area contributed by atoms with E-state index in [9.17, 15) is 9.59 Å². The molecule has 1 heterocycles. The third-order valence-corrected chi connectivity index (χ3v) is 5.86. The Balaban J connectivity index is 1.80. The average Bonchev–Trinajstić information content (AvgIpc) is 2.82. The van der Waals surface area contributed by atoms with Gasteiger partial charge in [0.1, 0.15) is 12.4 Å². The molecule has 1 aromatic heterocycles. The Morgan fingerprint density at radius 3 is 2.52 bits per heavy atom. The van der Waals surface area contributed by atoms with Crippen LogP contribution in [0.15, 0.2) is 69.9 Å². The van der Waals surface area contributed by atoms with E-state index in [1.54, 1.807) is 43.5 Å². The lowest BCUT2D eigenvalue weighted by atomic mass is 10.1. The zero-order valence-corrected chi connectivity index (χ0v) is 20.0. The number of ether oxygens (including phenoxy) is 2. The van der Waals surface area contributed by atoms with Crippen molar-refractivity contribution in [2.24, 2.45) is 0 Å². The number of methoxy groups -OCH3 is 2. The van der Waals surface area contributed by atoms with Crippen LogP contribution in [-0.2, 0) is 11.3 Å². The third kappa shape index (κ3) is 4.61. The van der Waals surface area contributed by atoms with Crippen LogP contribution < -0.4 is 20.3 Å². The number of aryl methyl sites for hydroxylation is 1. The second-order valence-electron chi connectivity index (χ2n) is 7.45. The molecule has 168 valence electrons. The maximum atomic E-state index is 13.4. The van der Waals surface area contributed by atoms with Gasteiger partial charge in [-0.3, -0.25) is 14.2 Å². The number of halogens is 1. The first-order valence-electron chi connectivity index (χ1n) is 10.2. The number of aromatic nitrogens is 2. The van der Waals surface area contributed by atoms with E-state index in [0.29, 0.717) is 39.5 Å². The van der Waals surface area contributed by atoms with Crippen LogP contribution in [0, 0.1) is 6.92 Å². The molecule has 4 aromatic rings. The lowest BCUT2D eigenvalue weighted by Crippen LogP contribution is -2.30. The predicted molar refractivity (Wildman–Crippen MR) is 132 cm³/mol. The van der Waals surface area contributed by atoms with Gasteiger partial charge in [-0.15, -0.1) is 0 Å².